The predicted octanol–water partition coefficient (Wildman–Crippen LogP) is 4.25. The van der Waals surface area contributed by atoms with E-state index in [9.17, 15) is 0 Å². The minimum absolute atomic E-state index is 0.767. The molecular weight excluding hydrogens is 272 g/mol. The Morgan fingerprint density at radius 2 is 1.86 bits per heavy atom. The highest BCUT2D eigenvalue weighted by atomic mass is 16.5. The first-order valence-corrected chi connectivity index (χ1v) is 8.92. The zero-order valence-corrected chi connectivity index (χ0v) is 14.4. The number of nitrogens with zero attached hydrogens (tertiary/aromatic N) is 2. The van der Waals surface area contributed by atoms with Crippen LogP contribution in [-0.4, -0.2) is 29.6 Å². The number of ether oxygens (including phenoxy) is 1. The lowest BCUT2D eigenvalue weighted by molar-refractivity contribution is 0.139. The Morgan fingerprint density at radius 1 is 1.14 bits per heavy atom. The van der Waals surface area contributed by atoms with Crippen LogP contribution in [0, 0.1) is 19.8 Å². The van der Waals surface area contributed by atoms with Gasteiger partial charge < -0.3 is 4.74 Å². The summed E-state index contributed by atoms with van der Waals surface area (Å²) in [4.78, 5) is 7.45. The van der Waals surface area contributed by atoms with Gasteiger partial charge in [-0.25, -0.2) is 0 Å². The largest absolute Gasteiger partial charge is 0.496 e. The second kappa shape index (κ2) is 6.99. The van der Waals surface area contributed by atoms with Gasteiger partial charge in [0.2, 0.25) is 0 Å². The highest BCUT2D eigenvalue weighted by Gasteiger charge is 2.29. The van der Waals surface area contributed by atoms with Crippen molar-refractivity contribution in [2.24, 2.45) is 5.92 Å². The van der Waals surface area contributed by atoms with Gasteiger partial charge in [0.05, 0.1) is 12.8 Å². The van der Waals surface area contributed by atoms with E-state index in [0.717, 1.165) is 29.8 Å². The molecule has 22 heavy (non-hydrogen) atoms. The molecule has 0 atom stereocenters. The van der Waals surface area contributed by atoms with Crippen LogP contribution in [0.4, 0.5) is 0 Å². The molecule has 2 saturated carbocycles. The van der Waals surface area contributed by atoms with E-state index in [4.69, 9.17) is 9.72 Å². The van der Waals surface area contributed by atoms with Gasteiger partial charge in [-0.2, -0.15) is 0 Å². The van der Waals surface area contributed by atoms with Crippen molar-refractivity contribution in [3.05, 3.63) is 23.0 Å². The first-order chi connectivity index (χ1) is 10.7. The van der Waals surface area contributed by atoms with Gasteiger partial charge in [-0.1, -0.05) is 19.3 Å². The van der Waals surface area contributed by atoms with Crippen molar-refractivity contribution >= 4 is 0 Å². The first kappa shape index (κ1) is 15.8. The summed E-state index contributed by atoms with van der Waals surface area (Å²) in [5, 5.41) is 0. The van der Waals surface area contributed by atoms with Gasteiger partial charge >= 0.3 is 0 Å². The zero-order valence-electron chi connectivity index (χ0n) is 14.4. The van der Waals surface area contributed by atoms with Gasteiger partial charge in [-0.3, -0.25) is 9.88 Å². The maximum atomic E-state index is 5.58. The van der Waals surface area contributed by atoms with E-state index in [1.807, 2.05) is 6.20 Å². The number of hydrogen-bond acceptors (Lipinski definition) is 3. The van der Waals surface area contributed by atoms with Gasteiger partial charge in [-0.15, -0.1) is 0 Å². The quantitative estimate of drug-likeness (QED) is 0.785. The topological polar surface area (TPSA) is 25.4 Å². The fourth-order valence-corrected chi connectivity index (χ4v) is 3.84. The van der Waals surface area contributed by atoms with Gasteiger partial charge in [0, 0.05) is 36.5 Å². The van der Waals surface area contributed by atoms with E-state index < -0.39 is 0 Å². The third-order valence-electron chi connectivity index (χ3n) is 5.38. The molecule has 0 N–H and O–H groups in total. The SMILES string of the molecule is COc1c(C)cnc(CN(CC2CC2)C2CCCCC2)c1C. The number of methoxy groups -OCH3 is 1. The third-order valence-corrected chi connectivity index (χ3v) is 5.38. The van der Waals surface area contributed by atoms with E-state index >= 15 is 0 Å². The molecule has 3 heteroatoms. The van der Waals surface area contributed by atoms with Crippen LogP contribution in [0.1, 0.15) is 61.8 Å². The van der Waals surface area contributed by atoms with Crippen molar-refractivity contribution in [1.82, 2.24) is 9.88 Å². The molecule has 0 radical (unpaired) electrons. The molecule has 2 aliphatic carbocycles. The van der Waals surface area contributed by atoms with Gasteiger partial charge in [0.15, 0.2) is 0 Å². The summed E-state index contributed by atoms with van der Waals surface area (Å²) in [7, 11) is 1.77. The maximum Gasteiger partial charge on any atom is 0.128 e. The summed E-state index contributed by atoms with van der Waals surface area (Å²) < 4.78 is 5.58. The summed E-state index contributed by atoms with van der Waals surface area (Å²) in [6, 6.07) is 0.767. The molecule has 0 unspecified atom stereocenters. The number of pyridine rings is 1. The van der Waals surface area contributed by atoms with E-state index in [1.54, 1.807) is 7.11 Å². The van der Waals surface area contributed by atoms with Crippen molar-refractivity contribution in [3.63, 3.8) is 0 Å². The standard InChI is InChI=1S/C19H30N2O/c1-14-11-20-18(15(2)19(14)22-3)13-21(12-16-9-10-16)17-7-5-4-6-8-17/h11,16-17H,4-10,12-13H2,1-3H3. The monoisotopic (exact) mass is 302 g/mol. The van der Waals surface area contributed by atoms with Crippen LogP contribution in [0.25, 0.3) is 0 Å². The normalized spacial score (nSPS) is 19.6. The van der Waals surface area contributed by atoms with Crippen LogP contribution >= 0.6 is 0 Å². The van der Waals surface area contributed by atoms with Crippen LogP contribution in [0.3, 0.4) is 0 Å². The summed E-state index contributed by atoms with van der Waals surface area (Å²) >= 11 is 0. The van der Waals surface area contributed by atoms with Crippen LogP contribution in [0.15, 0.2) is 6.20 Å². The minimum Gasteiger partial charge on any atom is -0.496 e. The van der Waals surface area contributed by atoms with Gasteiger partial charge in [-0.05, 0) is 45.4 Å². The molecule has 1 aromatic rings. The Morgan fingerprint density at radius 3 is 2.50 bits per heavy atom. The summed E-state index contributed by atoms with van der Waals surface area (Å²) in [5.41, 5.74) is 3.56. The van der Waals surface area contributed by atoms with Gasteiger partial charge in [0.1, 0.15) is 5.75 Å². The number of rotatable bonds is 6. The van der Waals surface area contributed by atoms with Crippen LogP contribution in [0.2, 0.25) is 0 Å². The second-order valence-electron chi connectivity index (χ2n) is 7.21. The minimum atomic E-state index is 0.767. The van der Waals surface area contributed by atoms with Crippen LogP contribution in [-0.2, 0) is 6.54 Å². The average Bonchev–Trinajstić information content (AvgIpc) is 3.35. The summed E-state index contributed by atoms with van der Waals surface area (Å²) in [5.74, 6) is 1.95. The first-order valence-electron chi connectivity index (χ1n) is 8.92. The van der Waals surface area contributed by atoms with Crippen LogP contribution < -0.4 is 4.74 Å². The molecule has 122 valence electrons. The molecule has 0 saturated heterocycles. The Bertz CT molecular complexity index is 504. The Kier molecular flexibility index (Phi) is 5.02. The number of aromatic nitrogens is 1. The van der Waals surface area contributed by atoms with Crippen molar-refractivity contribution in [2.45, 2.75) is 71.4 Å². The van der Waals surface area contributed by atoms with E-state index in [1.165, 1.54) is 62.7 Å². The smallest absolute Gasteiger partial charge is 0.128 e. The van der Waals surface area contributed by atoms with Crippen molar-refractivity contribution in [1.29, 1.82) is 0 Å². The van der Waals surface area contributed by atoms with Crippen molar-refractivity contribution < 1.29 is 4.74 Å². The molecule has 0 aliphatic heterocycles. The molecule has 0 aromatic carbocycles. The third kappa shape index (κ3) is 3.62. The fraction of sp³-hybridized carbons (Fsp3) is 0.737. The van der Waals surface area contributed by atoms with E-state index in [2.05, 4.69) is 18.7 Å². The lowest BCUT2D eigenvalue weighted by Crippen LogP contribution is -2.38. The molecule has 2 aliphatic rings. The lowest BCUT2D eigenvalue weighted by atomic mass is 9.93. The number of aryl methyl sites for hydroxylation is 1. The molecule has 1 heterocycles. The van der Waals surface area contributed by atoms with Gasteiger partial charge in [0.25, 0.3) is 0 Å². The van der Waals surface area contributed by atoms with E-state index in [0.29, 0.717) is 0 Å². The molecule has 0 bridgehead atoms. The summed E-state index contributed by atoms with van der Waals surface area (Å²) in [6.45, 7) is 6.49. The Balaban J connectivity index is 1.77. The van der Waals surface area contributed by atoms with Crippen LogP contribution in [0.5, 0.6) is 5.75 Å². The fourth-order valence-electron chi connectivity index (χ4n) is 3.84. The Hall–Kier alpha value is -1.09. The molecule has 0 amide bonds. The van der Waals surface area contributed by atoms with Crippen molar-refractivity contribution in [3.8, 4) is 5.75 Å². The second-order valence-corrected chi connectivity index (χ2v) is 7.21. The lowest BCUT2D eigenvalue weighted by Gasteiger charge is -2.34. The van der Waals surface area contributed by atoms with E-state index in [-0.39, 0.29) is 0 Å². The predicted molar refractivity (Wildman–Crippen MR) is 90.3 cm³/mol. The highest BCUT2D eigenvalue weighted by Crippen LogP contribution is 2.34. The molecular formula is C19H30N2O. The molecule has 0 spiro atoms. The maximum absolute atomic E-state index is 5.58. The Labute approximate surface area is 135 Å². The summed E-state index contributed by atoms with van der Waals surface area (Å²) in [6.07, 6.45) is 11.8. The zero-order chi connectivity index (χ0) is 15.5. The molecule has 3 rings (SSSR count). The molecule has 2 fully saturated rings. The number of hydrogen-bond donors (Lipinski definition) is 0. The van der Waals surface area contributed by atoms with Crippen molar-refractivity contribution in [2.75, 3.05) is 13.7 Å². The highest BCUT2D eigenvalue weighted by molar-refractivity contribution is 5.41. The average molecular weight is 302 g/mol. The molecule has 1 aromatic heterocycles. The molecule has 3 nitrogen and oxygen atoms in total.